The molecule has 1 aromatic heterocycles. The van der Waals surface area contributed by atoms with Crippen molar-refractivity contribution < 1.29 is 14.7 Å². The third-order valence-corrected chi connectivity index (χ3v) is 5.11. The minimum Gasteiger partial charge on any atom is -0.507 e. The quantitative estimate of drug-likeness (QED) is 0.455. The number of aliphatic hydroxyl groups excluding tert-OH is 1. The molecule has 0 unspecified atom stereocenters. The van der Waals surface area contributed by atoms with Crippen molar-refractivity contribution in [2.75, 3.05) is 26.2 Å². The summed E-state index contributed by atoms with van der Waals surface area (Å²) in [6.07, 6.45) is 1.63. The fourth-order valence-electron chi connectivity index (χ4n) is 3.50. The van der Waals surface area contributed by atoms with Gasteiger partial charge in [0.1, 0.15) is 11.8 Å². The molecular formula is C22H25N3O3. The van der Waals surface area contributed by atoms with Crippen LogP contribution in [0.25, 0.3) is 5.76 Å². The number of nitrogens with zero attached hydrogens (tertiary/aromatic N) is 3. The van der Waals surface area contributed by atoms with Gasteiger partial charge >= 0.3 is 0 Å². The maximum absolute atomic E-state index is 12.8. The molecule has 0 aliphatic carbocycles. The number of carbonyl (C=O) groups is 2. The van der Waals surface area contributed by atoms with Crippen molar-refractivity contribution in [3.05, 3.63) is 71.6 Å². The molecule has 3 rings (SSSR count). The highest BCUT2D eigenvalue weighted by molar-refractivity contribution is 6.46. The van der Waals surface area contributed by atoms with Gasteiger partial charge in [0, 0.05) is 24.8 Å². The van der Waals surface area contributed by atoms with E-state index < -0.39 is 17.7 Å². The molecule has 1 aromatic carbocycles. The Bertz CT molecular complexity index is 861. The van der Waals surface area contributed by atoms with Gasteiger partial charge in [-0.1, -0.05) is 50.2 Å². The topological polar surface area (TPSA) is 73.7 Å². The summed E-state index contributed by atoms with van der Waals surface area (Å²) in [4.78, 5) is 33.7. The summed E-state index contributed by atoms with van der Waals surface area (Å²) in [7, 11) is 0. The summed E-state index contributed by atoms with van der Waals surface area (Å²) in [6.45, 7) is 6.87. The summed E-state index contributed by atoms with van der Waals surface area (Å²) >= 11 is 0. The molecule has 1 aliphatic heterocycles. The number of likely N-dealkylation sites (tertiary alicyclic amines) is 1. The molecule has 146 valence electrons. The van der Waals surface area contributed by atoms with Crippen molar-refractivity contribution in [3.8, 4) is 0 Å². The largest absolute Gasteiger partial charge is 0.507 e. The highest BCUT2D eigenvalue weighted by Crippen LogP contribution is 2.38. The lowest BCUT2D eigenvalue weighted by atomic mass is 9.98. The van der Waals surface area contributed by atoms with Crippen molar-refractivity contribution in [1.29, 1.82) is 0 Å². The van der Waals surface area contributed by atoms with E-state index in [-0.39, 0.29) is 11.3 Å². The zero-order chi connectivity index (χ0) is 20.1. The van der Waals surface area contributed by atoms with Gasteiger partial charge in [-0.15, -0.1) is 0 Å². The van der Waals surface area contributed by atoms with E-state index in [4.69, 9.17) is 0 Å². The average Bonchev–Trinajstić information content (AvgIpc) is 3.00. The maximum Gasteiger partial charge on any atom is 0.295 e. The first-order valence-corrected chi connectivity index (χ1v) is 9.55. The molecule has 0 radical (unpaired) electrons. The third-order valence-electron chi connectivity index (χ3n) is 5.11. The molecule has 1 amide bonds. The molecule has 1 aliphatic rings. The zero-order valence-corrected chi connectivity index (χ0v) is 16.2. The number of pyridine rings is 1. The molecule has 1 N–H and O–H groups in total. The Kier molecular flexibility index (Phi) is 6.21. The summed E-state index contributed by atoms with van der Waals surface area (Å²) in [5.74, 6) is -1.43. The number of hydrogen-bond donors (Lipinski definition) is 1. The van der Waals surface area contributed by atoms with Crippen LogP contribution < -0.4 is 0 Å². The molecule has 2 heterocycles. The molecule has 6 nitrogen and oxygen atoms in total. The molecule has 0 saturated carbocycles. The van der Waals surface area contributed by atoms with Crippen molar-refractivity contribution in [2.24, 2.45) is 0 Å². The molecule has 0 bridgehead atoms. The van der Waals surface area contributed by atoms with E-state index in [0.717, 1.165) is 13.1 Å². The van der Waals surface area contributed by atoms with Crippen LogP contribution in [-0.4, -0.2) is 57.8 Å². The van der Waals surface area contributed by atoms with Crippen molar-refractivity contribution in [3.63, 3.8) is 0 Å². The summed E-state index contributed by atoms with van der Waals surface area (Å²) in [6, 6.07) is 13.5. The highest BCUT2D eigenvalue weighted by atomic mass is 16.3. The van der Waals surface area contributed by atoms with Crippen LogP contribution in [0.4, 0.5) is 0 Å². The number of likely N-dealkylation sites (N-methyl/N-ethyl adjacent to an activating group) is 1. The highest BCUT2D eigenvalue weighted by Gasteiger charge is 2.46. The average molecular weight is 379 g/mol. The van der Waals surface area contributed by atoms with Gasteiger partial charge in [0.15, 0.2) is 0 Å². The van der Waals surface area contributed by atoms with Crippen LogP contribution in [0.3, 0.4) is 0 Å². The maximum atomic E-state index is 12.8. The Labute approximate surface area is 165 Å². The lowest BCUT2D eigenvalue weighted by Crippen LogP contribution is -2.38. The molecule has 6 heteroatoms. The van der Waals surface area contributed by atoms with E-state index in [0.29, 0.717) is 24.3 Å². The van der Waals surface area contributed by atoms with Crippen LogP contribution in [0.1, 0.15) is 31.1 Å². The first-order chi connectivity index (χ1) is 13.6. The smallest absolute Gasteiger partial charge is 0.295 e. The fraction of sp³-hybridized carbons (Fsp3) is 0.318. The van der Waals surface area contributed by atoms with Gasteiger partial charge in [-0.2, -0.15) is 0 Å². The number of hydrogen-bond acceptors (Lipinski definition) is 5. The van der Waals surface area contributed by atoms with Gasteiger partial charge in [-0.25, -0.2) is 0 Å². The van der Waals surface area contributed by atoms with Crippen LogP contribution in [0.5, 0.6) is 0 Å². The van der Waals surface area contributed by atoms with Crippen molar-refractivity contribution >= 4 is 17.4 Å². The number of Topliss-reactive ketones (excluding diaryl/α,β-unsaturated/α-hetero) is 1. The number of ketones is 1. The van der Waals surface area contributed by atoms with E-state index in [1.54, 1.807) is 42.6 Å². The van der Waals surface area contributed by atoms with Crippen LogP contribution in [0, 0.1) is 0 Å². The molecule has 1 fully saturated rings. The lowest BCUT2D eigenvalue weighted by molar-refractivity contribution is -0.140. The number of aromatic nitrogens is 1. The summed E-state index contributed by atoms with van der Waals surface area (Å²) < 4.78 is 0. The van der Waals surface area contributed by atoms with Gasteiger partial charge in [0.25, 0.3) is 11.7 Å². The Hall–Kier alpha value is -2.99. The van der Waals surface area contributed by atoms with Crippen molar-refractivity contribution in [1.82, 2.24) is 14.8 Å². The number of aliphatic hydroxyl groups is 1. The van der Waals surface area contributed by atoms with E-state index in [9.17, 15) is 14.7 Å². The molecule has 0 spiro atoms. The Morgan fingerprint density at radius 3 is 2.36 bits per heavy atom. The SMILES string of the molecule is CCN(CC)CCN1C(=O)C(=O)/C(=C(/O)c2ccccc2)[C@H]1c1ccccn1. The van der Waals surface area contributed by atoms with Crippen LogP contribution in [0.15, 0.2) is 60.3 Å². The predicted molar refractivity (Wildman–Crippen MR) is 107 cm³/mol. The van der Waals surface area contributed by atoms with Gasteiger partial charge < -0.3 is 14.9 Å². The van der Waals surface area contributed by atoms with Crippen LogP contribution in [-0.2, 0) is 9.59 Å². The van der Waals surface area contributed by atoms with Gasteiger partial charge in [-0.05, 0) is 25.2 Å². The van der Waals surface area contributed by atoms with Gasteiger partial charge in [0.2, 0.25) is 0 Å². The predicted octanol–water partition coefficient (Wildman–Crippen LogP) is 2.85. The second kappa shape index (κ2) is 8.80. The van der Waals surface area contributed by atoms with Gasteiger partial charge in [0.05, 0.1) is 11.3 Å². The second-order valence-electron chi connectivity index (χ2n) is 6.64. The van der Waals surface area contributed by atoms with E-state index >= 15 is 0 Å². The van der Waals surface area contributed by atoms with E-state index in [1.165, 1.54) is 4.90 Å². The molecule has 2 aromatic rings. The first-order valence-electron chi connectivity index (χ1n) is 9.55. The fourth-order valence-corrected chi connectivity index (χ4v) is 3.50. The second-order valence-corrected chi connectivity index (χ2v) is 6.64. The van der Waals surface area contributed by atoms with Gasteiger partial charge in [-0.3, -0.25) is 14.6 Å². The Balaban J connectivity index is 2.06. The normalized spacial score (nSPS) is 18.8. The minimum absolute atomic E-state index is 0.0921. The van der Waals surface area contributed by atoms with Crippen molar-refractivity contribution in [2.45, 2.75) is 19.9 Å². The zero-order valence-electron chi connectivity index (χ0n) is 16.2. The minimum atomic E-state index is -0.697. The summed E-state index contributed by atoms with van der Waals surface area (Å²) in [5, 5.41) is 10.9. The number of carbonyl (C=O) groups excluding carboxylic acids is 2. The molecule has 1 saturated heterocycles. The number of rotatable bonds is 7. The monoisotopic (exact) mass is 379 g/mol. The molecule has 28 heavy (non-hydrogen) atoms. The van der Waals surface area contributed by atoms with Crippen LogP contribution in [0.2, 0.25) is 0 Å². The number of benzene rings is 1. The first kappa shape index (κ1) is 19.8. The Morgan fingerprint density at radius 1 is 1.07 bits per heavy atom. The lowest BCUT2D eigenvalue weighted by Gasteiger charge is -2.27. The molecular weight excluding hydrogens is 354 g/mol. The standard InChI is InChI=1S/C22H25N3O3/c1-3-24(4-2)14-15-25-19(17-12-8-9-13-23-17)18(21(27)22(25)28)20(26)16-10-6-5-7-11-16/h5-13,19,26H,3-4,14-15H2,1-2H3/b20-18+/t19-/m1/s1. The third kappa shape index (κ3) is 3.82. The van der Waals surface area contributed by atoms with E-state index in [1.807, 2.05) is 12.1 Å². The summed E-state index contributed by atoms with van der Waals surface area (Å²) in [5.41, 5.74) is 1.17. The number of amides is 1. The Morgan fingerprint density at radius 2 is 1.75 bits per heavy atom. The molecule has 1 atom stereocenters. The van der Waals surface area contributed by atoms with Crippen LogP contribution >= 0.6 is 0 Å². The van der Waals surface area contributed by atoms with E-state index in [2.05, 4.69) is 23.7 Å².